The molecule has 0 aromatic carbocycles. The van der Waals surface area contributed by atoms with Crippen molar-refractivity contribution in [3.8, 4) is 0 Å². The van der Waals surface area contributed by atoms with Crippen molar-refractivity contribution in [1.29, 1.82) is 0 Å². The Kier molecular flexibility index (Phi) is 4.91. The first-order valence-corrected chi connectivity index (χ1v) is 7.38. The average molecular weight is 264 g/mol. The number of carboxylic acids is 1. The number of hydrogen-bond donors (Lipinski definition) is 2. The molecule has 0 amide bonds. The molecule has 1 aliphatic rings. The van der Waals surface area contributed by atoms with Crippen LogP contribution in [-0.4, -0.2) is 54.7 Å². The number of nitrogens with one attached hydrogen (secondary N) is 1. The van der Waals surface area contributed by atoms with Crippen molar-refractivity contribution in [2.24, 2.45) is 0 Å². The zero-order chi connectivity index (χ0) is 13.1. The van der Waals surface area contributed by atoms with Crippen LogP contribution in [0, 0.1) is 0 Å². The highest BCUT2D eigenvalue weighted by Crippen LogP contribution is 2.11. The third-order valence-electron chi connectivity index (χ3n) is 2.71. The molecule has 0 spiro atoms. The van der Waals surface area contributed by atoms with Gasteiger partial charge in [-0.3, -0.25) is 4.79 Å². The number of carbonyl (C=O) groups is 1. The Bertz CT molecular complexity index is 359. The Balaban J connectivity index is 2.54. The quantitative estimate of drug-likeness (QED) is 0.722. The molecule has 0 aliphatic carbocycles. The maximum absolute atomic E-state index is 12.0. The molecule has 17 heavy (non-hydrogen) atoms. The van der Waals surface area contributed by atoms with E-state index >= 15 is 0 Å². The van der Waals surface area contributed by atoms with Crippen LogP contribution < -0.4 is 5.32 Å². The predicted octanol–water partition coefficient (Wildman–Crippen LogP) is -0.137. The largest absolute Gasteiger partial charge is 0.481 e. The lowest BCUT2D eigenvalue weighted by Crippen LogP contribution is -2.56. The van der Waals surface area contributed by atoms with Gasteiger partial charge in [-0.2, -0.15) is 4.31 Å². The number of nitrogens with zero attached hydrogens (tertiary/aromatic N) is 1. The summed E-state index contributed by atoms with van der Waals surface area (Å²) in [6.07, 6.45) is 0.0702. The minimum atomic E-state index is -3.31. The molecule has 1 saturated heterocycles. The number of sulfonamides is 1. The van der Waals surface area contributed by atoms with E-state index < -0.39 is 16.0 Å². The molecule has 7 heteroatoms. The molecule has 1 aliphatic heterocycles. The molecule has 1 rings (SSSR count). The molecule has 6 nitrogen and oxygen atoms in total. The highest BCUT2D eigenvalue weighted by molar-refractivity contribution is 7.89. The molecule has 2 unspecified atom stereocenters. The summed E-state index contributed by atoms with van der Waals surface area (Å²) < 4.78 is 25.4. The molecule has 1 heterocycles. The molecule has 2 N–H and O–H groups in total. The minimum Gasteiger partial charge on any atom is -0.481 e. The van der Waals surface area contributed by atoms with E-state index in [0.717, 1.165) is 0 Å². The van der Waals surface area contributed by atoms with Crippen molar-refractivity contribution in [1.82, 2.24) is 9.62 Å². The number of piperazine rings is 1. The molecule has 0 aromatic rings. The number of carboxylic acid groups (broad SMARTS) is 1. The van der Waals surface area contributed by atoms with E-state index in [1.165, 1.54) is 4.31 Å². The predicted molar refractivity (Wildman–Crippen MR) is 64.3 cm³/mol. The maximum atomic E-state index is 12.0. The normalized spacial score (nSPS) is 26.9. The average Bonchev–Trinajstić information content (AvgIpc) is 2.14. The topological polar surface area (TPSA) is 86.7 Å². The summed E-state index contributed by atoms with van der Waals surface area (Å²) in [6, 6.07) is 0.265. The smallest absolute Gasteiger partial charge is 0.303 e. The highest BCUT2D eigenvalue weighted by atomic mass is 32.2. The van der Waals surface area contributed by atoms with Gasteiger partial charge in [-0.05, 0) is 20.3 Å². The van der Waals surface area contributed by atoms with Gasteiger partial charge in [0.1, 0.15) is 0 Å². The maximum Gasteiger partial charge on any atom is 0.303 e. The fourth-order valence-electron chi connectivity index (χ4n) is 2.04. The van der Waals surface area contributed by atoms with Gasteiger partial charge >= 0.3 is 5.97 Å². The molecule has 1 fully saturated rings. The fraction of sp³-hybridized carbons (Fsp3) is 0.900. The van der Waals surface area contributed by atoms with Gasteiger partial charge in [-0.25, -0.2) is 8.42 Å². The van der Waals surface area contributed by atoms with Crippen LogP contribution in [0.4, 0.5) is 0 Å². The van der Waals surface area contributed by atoms with Crippen LogP contribution in [0.1, 0.15) is 26.7 Å². The van der Waals surface area contributed by atoms with E-state index in [0.29, 0.717) is 13.1 Å². The first-order valence-electron chi connectivity index (χ1n) is 5.77. The Hall–Kier alpha value is -0.660. The fourth-order valence-corrected chi connectivity index (χ4v) is 3.71. The van der Waals surface area contributed by atoms with Gasteiger partial charge in [0.2, 0.25) is 10.0 Å². The second kappa shape index (κ2) is 5.79. The van der Waals surface area contributed by atoms with Crippen molar-refractivity contribution >= 4 is 16.0 Å². The van der Waals surface area contributed by atoms with Crippen LogP contribution in [-0.2, 0) is 14.8 Å². The molecule has 100 valence electrons. The van der Waals surface area contributed by atoms with Gasteiger partial charge in [-0.15, -0.1) is 0 Å². The van der Waals surface area contributed by atoms with E-state index in [1.54, 1.807) is 0 Å². The Morgan fingerprint density at radius 3 is 2.35 bits per heavy atom. The van der Waals surface area contributed by atoms with E-state index in [9.17, 15) is 13.2 Å². The van der Waals surface area contributed by atoms with Gasteiger partial charge < -0.3 is 10.4 Å². The third kappa shape index (κ3) is 4.61. The van der Waals surface area contributed by atoms with Crippen molar-refractivity contribution < 1.29 is 18.3 Å². The van der Waals surface area contributed by atoms with Crippen molar-refractivity contribution in [3.63, 3.8) is 0 Å². The summed E-state index contributed by atoms with van der Waals surface area (Å²) in [5, 5.41) is 11.7. The van der Waals surface area contributed by atoms with Gasteiger partial charge in [0.15, 0.2) is 0 Å². The van der Waals surface area contributed by atoms with Gasteiger partial charge in [0.25, 0.3) is 0 Å². The first kappa shape index (κ1) is 14.4. The zero-order valence-corrected chi connectivity index (χ0v) is 11.0. The van der Waals surface area contributed by atoms with Crippen molar-refractivity contribution in [3.05, 3.63) is 0 Å². The molecule has 0 bridgehead atoms. The van der Waals surface area contributed by atoms with Crippen LogP contribution in [0.2, 0.25) is 0 Å². The zero-order valence-electron chi connectivity index (χ0n) is 10.2. The lowest BCUT2D eigenvalue weighted by Gasteiger charge is -2.35. The second-order valence-electron chi connectivity index (χ2n) is 4.60. The SMILES string of the molecule is CC1CN(S(=O)(=O)CCCC(=O)O)CC(C)N1. The van der Waals surface area contributed by atoms with E-state index in [1.807, 2.05) is 13.8 Å². The van der Waals surface area contributed by atoms with Crippen LogP contribution in [0.5, 0.6) is 0 Å². The summed E-state index contributed by atoms with van der Waals surface area (Å²) in [7, 11) is -3.31. The Labute approximate surface area is 102 Å². The number of hydrogen-bond acceptors (Lipinski definition) is 4. The minimum absolute atomic E-state index is 0.0846. The standard InChI is InChI=1S/C10H20N2O4S/c1-8-6-12(7-9(2)11-8)17(15,16)5-3-4-10(13)14/h8-9,11H,3-7H2,1-2H3,(H,13,14). The summed E-state index contributed by atoms with van der Waals surface area (Å²) in [4.78, 5) is 10.3. The number of aliphatic carboxylic acids is 1. The highest BCUT2D eigenvalue weighted by Gasteiger charge is 2.29. The van der Waals surface area contributed by atoms with Gasteiger partial charge in [0, 0.05) is 31.6 Å². The van der Waals surface area contributed by atoms with Crippen molar-refractivity contribution in [2.75, 3.05) is 18.8 Å². The molecule has 0 saturated carbocycles. The van der Waals surface area contributed by atoms with Crippen LogP contribution >= 0.6 is 0 Å². The van der Waals surface area contributed by atoms with Crippen LogP contribution in [0.15, 0.2) is 0 Å². The van der Waals surface area contributed by atoms with E-state index in [2.05, 4.69) is 5.32 Å². The van der Waals surface area contributed by atoms with E-state index in [4.69, 9.17) is 5.11 Å². The van der Waals surface area contributed by atoms with Crippen LogP contribution in [0.25, 0.3) is 0 Å². The molecule has 0 aromatic heterocycles. The summed E-state index contributed by atoms with van der Waals surface area (Å²) in [5.41, 5.74) is 0. The molecular formula is C10H20N2O4S. The summed E-state index contributed by atoms with van der Waals surface area (Å²) in [6.45, 7) is 4.80. The monoisotopic (exact) mass is 264 g/mol. The first-order chi connectivity index (χ1) is 7.81. The lowest BCUT2D eigenvalue weighted by atomic mass is 10.2. The Morgan fingerprint density at radius 2 is 1.88 bits per heavy atom. The molecular weight excluding hydrogens is 244 g/mol. The third-order valence-corrected chi connectivity index (χ3v) is 4.60. The summed E-state index contributed by atoms with van der Waals surface area (Å²) in [5.74, 6) is -1.04. The van der Waals surface area contributed by atoms with E-state index in [-0.39, 0.29) is 30.7 Å². The van der Waals surface area contributed by atoms with Crippen molar-refractivity contribution in [2.45, 2.75) is 38.8 Å². The molecule has 0 radical (unpaired) electrons. The summed E-state index contributed by atoms with van der Waals surface area (Å²) >= 11 is 0. The van der Waals surface area contributed by atoms with Gasteiger partial charge in [-0.1, -0.05) is 0 Å². The van der Waals surface area contributed by atoms with Crippen LogP contribution in [0.3, 0.4) is 0 Å². The van der Waals surface area contributed by atoms with Gasteiger partial charge in [0.05, 0.1) is 5.75 Å². The number of rotatable bonds is 5. The second-order valence-corrected chi connectivity index (χ2v) is 6.69. The Morgan fingerprint density at radius 1 is 1.35 bits per heavy atom. The lowest BCUT2D eigenvalue weighted by molar-refractivity contribution is -0.137. The molecule has 2 atom stereocenters.